The molecule has 0 spiro atoms. The molecule has 2 atom stereocenters. The van der Waals surface area contributed by atoms with Crippen LogP contribution in [0.5, 0.6) is 0 Å². The summed E-state index contributed by atoms with van der Waals surface area (Å²) in [7, 11) is 0. The summed E-state index contributed by atoms with van der Waals surface area (Å²) in [6, 6.07) is 13.5. The Morgan fingerprint density at radius 3 is 2.38 bits per heavy atom. The molecule has 4 N–H and O–H groups in total. The summed E-state index contributed by atoms with van der Waals surface area (Å²) in [6.45, 7) is 1.03. The SMILES string of the molecule is C[C@@](CO)(C[C@H](N)Cc1ccc(-c2ccccc2F)cc1)C(=O)O. The molecule has 0 unspecified atom stereocenters. The second kappa shape index (κ2) is 7.55. The third-order valence-electron chi connectivity index (χ3n) is 4.21. The predicted molar refractivity (Wildman–Crippen MR) is 91.0 cm³/mol. The van der Waals surface area contributed by atoms with Crippen LogP contribution < -0.4 is 5.73 Å². The lowest BCUT2D eigenvalue weighted by molar-refractivity contribution is -0.151. The maximum atomic E-state index is 13.8. The average molecular weight is 331 g/mol. The highest BCUT2D eigenvalue weighted by atomic mass is 19.1. The summed E-state index contributed by atoms with van der Waals surface area (Å²) >= 11 is 0. The molecule has 4 nitrogen and oxygen atoms in total. The molecule has 2 rings (SSSR count). The van der Waals surface area contributed by atoms with E-state index in [2.05, 4.69) is 0 Å². The van der Waals surface area contributed by atoms with Crippen LogP contribution in [0.1, 0.15) is 18.9 Å². The van der Waals surface area contributed by atoms with Crippen molar-refractivity contribution in [2.45, 2.75) is 25.8 Å². The number of rotatable bonds is 7. The Bertz CT molecular complexity index is 702. The molecule has 0 radical (unpaired) electrons. The average Bonchev–Trinajstić information content (AvgIpc) is 2.55. The maximum Gasteiger partial charge on any atom is 0.311 e. The van der Waals surface area contributed by atoms with E-state index in [0.29, 0.717) is 12.0 Å². The highest BCUT2D eigenvalue weighted by molar-refractivity contribution is 5.74. The van der Waals surface area contributed by atoms with Gasteiger partial charge >= 0.3 is 5.97 Å². The van der Waals surface area contributed by atoms with Crippen molar-refractivity contribution < 1.29 is 19.4 Å². The molecule has 0 aliphatic carbocycles. The van der Waals surface area contributed by atoms with Crippen LogP contribution in [-0.2, 0) is 11.2 Å². The van der Waals surface area contributed by atoms with E-state index in [-0.39, 0.29) is 12.2 Å². The van der Waals surface area contributed by atoms with Gasteiger partial charge in [-0.05, 0) is 37.0 Å². The Labute approximate surface area is 140 Å². The number of carbonyl (C=O) groups is 1. The molecule has 0 fully saturated rings. The molecule has 0 amide bonds. The number of carboxylic acids is 1. The van der Waals surface area contributed by atoms with Gasteiger partial charge in [0.1, 0.15) is 5.82 Å². The molecule has 0 heterocycles. The molecule has 0 bridgehead atoms. The molecular formula is C19H22FNO3. The zero-order valence-electron chi connectivity index (χ0n) is 13.6. The first-order valence-electron chi connectivity index (χ1n) is 7.79. The van der Waals surface area contributed by atoms with E-state index in [1.165, 1.54) is 13.0 Å². The number of carboxylic acid groups (broad SMARTS) is 1. The fraction of sp³-hybridized carbons (Fsp3) is 0.316. The van der Waals surface area contributed by atoms with Crippen LogP contribution in [0.2, 0.25) is 0 Å². The van der Waals surface area contributed by atoms with Crippen LogP contribution in [0.25, 0.3) is 11.1 Å². The first-order chi connectivity index (χ1) is 11.4. The van der Waals surface area contributed by atoms with Gasteiger partial charge in [-0.25, -0.2) is 4.39 Å². The van der Waals surface area contributed by atoms with E-state index in [0.717, 1.165) is 11.1 Å². The lowest BCUT2D eigenvalue weighted by Crippen LogP contribution is -2.39. The number of hydrogen-bond acceptors (Lipinski definition) is 3. The predicted octanol–water partition coefficient (Wildman–Crippen LogP) is 2.84. The zero-order chi connectivity index (χ0) is 17.7. The summed E-state index contributed by atoms with van der Waals surface area (Å²) in [5.74, 6) is -1.34. The van der Waals surface area contributed by atoms with E-state index in [1.807, 2.05) is 24.3 Å². The molecule has 5 heteroatoms. The monoisotopic (exact) mass is 331 g/mol. The Kier molecular flexibility index (Phi) is 5.70. The van der Waals surface area contributed by atoms with E-state index in [9.17, 15) is 19.4 Å². The van der Waals surface area contributed by atoms with Crippen molar-refractivity contribution in [3.8, 4) is 11.1 Å². The minimum absolute atomic E-state index is 0.175. The number of hydrogen-bond donors (Lipinski definition) is 3. The van der Waals surface area contributed by atoms with Gasteiger partial charge in [-0.2, -0.15) is 0 Å². The first kappa shape index (κ1) is 18.1. The summed E-state index contributed by atoms with van der Waals surface area (Å²) in [4.78, 5) is 11.2. The second-order valence-corrected chi connectivity index (χ2v) is 6.37. The van der Waals surface area contributed by atoms with Gasteiger partial charge in [0.15, 0.2) is 0 Å². The molecule has 0 aliphatic rings. The molecule has 0 saturated heterocycles. The van der Waals surface area contributed by atoms with E-state index >= 15 is 0 Å². The number of benzene rings is 2. The standard InChI is InChI=1S/C19H22FNO3/c1-19(12-22,18(23)24)11-15(21)10-13-6-8-14(9-7-13)16-4-2-3-5-17(16)20/h2-9,15,22H,10-12,21H2,1H3,(H,23,24)/t15-,19+/m1/s1. The summed E-state index contributed by atoms with van der Waals surface area (Å²) < 4.78 is 13.8. The highest BCUT2D eigenvalue weighted by Crippen LogP contribution is 2.25. The molecule has 0 saturated carbocycles. The quantitative estimate of drug-likeness (QED) is 0.728. The molecule has 2 aromatic carbocycles. The molecule has 24 heavy (non-hydrogen) atoms. The van der Waals surface area contributed by atoms with Gasteiger partial charge in [0.25, 0.3) is 0 Å². The Balaban J connectivity index is 2.06. The largest absolute Gasteiger partial charge is 0.481 e. The van der Waals surface area contributed by atoms with Crippen LogP contribution >= 0.6 is 0 Å². The fourth-order valence-electron chi connectivity index (χ4n) is 2.69. The van der Waals surface area contributed by atoms with Gasteiger partial charge in [0, 0.05) is 11.6 Å². The smallest absolute Gasteiger partial charge is 0.311 e. The molecular weight excluding hydrogens is 309 g/mol. The van der Waals surface area contributed by atoms with Crippen molar-refractivity contribution in [1.82, 2.24) is 0 Å². The van der Waals surface area contributed by atoms with E-state index in [4.69, 9.17) is 5.73 Å². The van der Waals surface area contributed by atoms with Crippen molar-refractivity contribution >= 4 is 5.97 Å². The first-order valence-corrected chi connectivity index (χ1v) is 7.79. The lowest BCUT2D eigenvalue weighted by Gasteiger charge is -2.25. The minimum Gasteiger partial charge on any atom is -0.481 e. The van der Waals surface area contributed by atoms with Crippen LogP contribution in [-0.4, -0.2) is 28.8 Å². The molecule has 0 aromatic heterocycles. The van der Waals surface area contributed by atoms with Crippen molar-refractivity contribution in [2.75, 3.05) is 6.61 Å². The van der Waals surface area contributed by atoms with Crippen molar-refractivity contribution in [2.24, 2.45) is 11.1 Å². The van der Waals surface area contributed by atoms with Crippen molar-refractivity contribution in [3.05, 3.63) is 59.9 Å². The molecule has 128 valence electrons. The third kappa shape index (κ3) is 4.19. The minimum atomic E-state index is -1.24. The summed E-state index contributed by atoms with van der Waals surface area (Å²) in [6.07, 6.45) is 0.661. The van der Waals surface area contributed by atoms with Gasteiger partial charge in [-0.1, -0.05) is 42.5 Å². The van der Waals surface area contributed by atoms with Crippen LogP contribution in [0.15, 0.2) is 48.5 Å². The number of aliphatic carboxylic acids is 1. The zero-order valence-corrected chi connectivity index (χ0v) is 13.6. The Morgan fingerprint density at radius 1 is 1.21 bits per heavy atom. The Morgan fingerprint density at radius 2 is 1.83 bits per heavy atom. The van der Waals surface area contributed by atoms with Gasteiger partial charge in [0.2, 0.25) is 0 Å². The van der Waals surface area contributed by atoms with E-state index < -0.39 is 24.0 Å². The molecule has 0 aliphatic heterocycles. The van der Waals surface area contributed by atoms with Gasteiger partial charge in [-0.3, -0.25) is 4.79 Å². The summed E-state index contributed by atoms with van der Waals surface area (Å²) in [5.41, 5.74) is 7.05. The normalized spacial score (nSPS) is 14.8. The van der Waals surface area contributed by atoms with E-state index in [1.54, 1.807) is 18.2 Å². The van der Waals surface area contributed by atoms with Crippen molar-refractivity contribution in [1.29, 1.82) is 0 Å². The van der Waals surface area contributed by atoms with Crippen LogP contribution in [0, 0.1) is 11.2 Å². The highest BCUT2D eigenvalue weighted by Gasteiger charge is 2.34. The van der Waals surface area contributed by atoms with Gasteiger partial charge in [-0.15, -0.1) is 0 Å². The Hall–Kier alpha value is -2.24. The number of halogens is 1. The van der Waals surface area contributed by atoms with Crippen molar-refractivity contribution in [3.63, 3.8) is 0 Å². The topological polar surface area (TPSA) is 83.5 Å². The third-order valence-corrected chi connectivity index (χ3v) is 4.21. The fourth-order valence-corrected chi connectivity index (χ4v) is 2.69. The number of aliphatic hydroxyl groups excluding tert-OH is 1. The maximum absolute atomic E-state index is 13.8. The number of aliphatic hydroxyl groups is 1. The van der Waals surface area contributed by atoms with Gasteiger partial charge in [0.05, 0.1) is 12.0 Å². The number of nitrogens with two attached hydrogens (primary N) is 1. The summed E-state index contributed by atoms with van der Waals surface area (Å²) in [5, 5.41) is 18.5. The molecule has 2 aromatic rings. The van der Waals surface area contributed by atoms with Gasteiger partial charge < -0.3 is 15.9 Å². The second-order valence-electron chi connectivity index (χ2n) is 6.37. The van der Waals surface area contributed by atoms with Crippen LogP contribution in [0.4, 0.5) is 4.39 Å². The lowest BCUT2D eigenvalue weighted by atomic mass is 9.83. The van der Waals surface area contributed by atoms with Crippen LogP contribution in [0.3, 0.4) is 0 Å².